The predicted octanol–water partition coefficient (Wildman–Crippen LogP) is 2.92. The number of likely N-dealkylation sites (N-methyl/N-ethyl adjacent to an activating group) is 1. The normalized spacial score (nSPS) is 10.2. The van der Waals surface area contributed by atoms with E-state index < -0.39 is 24.4 Å². The van der Waals surface area contributed by atoms with Gasteiger partial charge in [-0.1, -0.05) is 41.9 Å². The Kier molecular flexibility index (Phi) is 8.48. The number of anilines is 1. The van der Waals surface area contributed by atoms with Crippen molar-refractivity contribution in [1.82, 2.24) is 4.90 Å². The van der Waals surface area contributed by atoms with Gasteiger partial charge in [0.25, 0.3) is 5.91 Å². The van der Waals surface area contributed by atoms with Gasteiger partial charge in [0.15, 0.2) is 6.61 Å². The largest absolute Gasteiger partial charge is 0.496 e. The van der Waals surface area contributed by atoms with Crippen molar-refractivity contribution in [3.8, 4) is 5.75 Å². The third-order valence-electron chi connectivity index (χ3n) is 4.10. The van der Waals surface area contributed by atoms with Gasteiger partial charge in [-0.3, -0.25) is 14.4 Å². The maximum Gasteiger partial charge on any atom is 0.306 e. The molecule has 0 aromatic heterocycles. The molecule has 29 heavy (non-hydrogen) atoms. The number of nitrogens with zero attached hydrogens (tertiary/aromatic N) is 1. The van der Waals surface area contributed by atoms with Crippen molar-refractivity contribution < 1.29 is 23.9 Å². The molecule has 0 fully saturated rings. The van der Waals surface area contributed by atoms with Crippen LogP contribution in [-0.2, 0) is 25.5 Å². The van der Waals surface area contributed by atoms with Crippen molar-refractivity contribution in [1.29, 1.82) is 0 Å². The van der Waals surface area contributed by atoms with E-state index >= 15 is 0 Å². The van der Waals surface area contributed by atoms with Crippen LogP contribution in [0.25, 0.3) is 0 Å². The summed E-state index contributed by atoms with van der Waals surface area (Å²) < 4.78 is 10.3. The summed E-state index contributed by atoms with van der Waals surface area (Å²) in [5, 5.41) is 3.03. The molecule has 0 saturated carbocycles. The highest BCUT2D eigenvalue weighted by atomic mass is 35.5. The zero-order valence-electron chi connectivity index (χ0n) is 16.3. The molecular formula is C21H23ClN2O5. The predicted molar refractivity (Wildman–Crippen MR) is 110 cm³/mol. The van der Waals surface area contributed by atoms with Gasteiger partial charge in [-0.25, -0.2) is 0 Å². The van der Waals surface area contributed by atoms with E-state index in [0.717, 1.165) is 5.56 Å². The first-order valence-electron chi connectivity index (χ1n) is 8.96. The van der Waals surface area contributed by atoms with E-state index in [9.17, 15) is 14.4 Å². The van der Waals surface area contributed by atoms with Crippen LogP contribution in [0.5, 0.6) is 5.75 Å². The highest BCUT2D eigenvalue weighted by Gasteiger charge is 2.16. The number of hydrogen-bond donors (Lipinski definition) is 1. The molecule has 0 bridgehead atoms. The molecule has 0 heterocycles. The molecule has 0 aliphatic carbocycles. The number of carbonyl (C=O) groups is 3. The van der Waals surface area contributed by atoms with Gasteiger partial charge >= 0.3 is 5.97 Å². The first-order chi connectivity index (χ1) is 13.9. The summed E-state index contributed by atoms with van der Waals surface area (Å²) >= 11 is 5.98. The number of halogens is 1. The molecule has 2 rings (SSSR count). The maximum atomic E-state index is 12.1. The van der Waals surface area contributed by atoms with Crippen molar-refractivity contribution >= 4 is 35.1 Å². The lowest BCUT2D eigenvalue weighted by Crippen LogP contribution is -2.37. The van der Waals surface area contributed by atoms with Crippen LogP contribution in [-0.4, -0.2) is 50.0 Å². The number of aryl methyl sites for hydroxylation is 1. The molecule has 0 spiro atoms. The summed E-state index contributed by atoms with van der Waals surface area (Å²) in [5.74, 6) is -0.694. The zero-order chi connectivity index (χ0) is 21.2. The van der Waals surface area contributed by atoms with E-state index in [1.807, 2.05) is 24.3 Å². The van der Waals surface area contributed by atoms with E-state index in [-0.39, 0.29) is 13.0 Å². The van der Waals surface area contributed by atoms with E-state index in [1.165, 1.54) is 11.9 Å². The molecule has 8 heteroatoms. The lowest BCUT2D eigenvalue weighted by atomic mass is 10.1. The second-order valence-electron chi connectivity index (χ2n) is 6.25. The average molecular weight is 419 g/mol. The van der Waals surface area contributed by atoms with Crippen LogP contribution in [0.1, 0.15) is 12.0 Å². The number of nitrogens with one attached hydrogen (secondary N) is 1. The van der Waals surface area contributed by atoms with E-state index in [0.29, 0.717) is 22.9 Å². The lowest BCUT2D eigenvalue weighted by Gasteiger charge is -2.17. The SMILES string of the molecule is COc1ccccc1CCC(=O)OCC(=O)N(C)CC(=O)Nc1ccccc1Cl. The maximum absolute atomic E-state index is 12.1. The highest BCUT2D eigenvalue weighted by Crippen LogP contribution is 2.20. The summed E-state index contributed by atoms with van der Waals surface area (Å²) in [6.07, 6.45) is 0.553. The average Bonchev–Trinajstić information content (AvgIpc) is 2.72. The molecule has 154 valence electrons. The van der Waals surface area contributed by atoms with Crippen LogP contribution < -0.4 is 10.1 Å². The molecule has 2 aromatic rings. The number of ether oxygens (including phenoxy) is 2. The zero-order valence-corrected chi connectivity index (χ0v) is 17.1. The van der Waals surface area contributed by atoms with Gasteiger partial charge in [-0.2, -0.15) is 0 Å². The molecule has 0 atom stereocenters. The Morgan fingerprint density at radius 3 is 2.48 bits per heavy atom. The van der Waals surface area contributed by atoms with Crippen LogP contribution in [0.15, 0.2) is 48.5 Å². The van der Waals surface area contributed by atoms with Crippen molar-refractivity contribution in [2.75, 3.05) is 32.6 Å². The molecule has 0 aliphatic heterocycles. The third-order valence-corrected chi connectivity index (χ3v) is 4.43. The standard InChI is InChI=1S/C21H23ClN2O5/c1-24(13-19(25)23-17-9-5-4-8-16(17)22)20(26)14-29-21(27)12-11-15-7-3-6-10-18(15)28-2/h3-10H,11-14H2,1-2H3,(H,23,25). The summed E-state index contributed by atoms with van der Waals surface area (Å²) in [6.45, 7) is -0.622. The molecule has 0 radical (unpaired) electrons. The minimum absolute atomic E-state index is 0.115. The molecule has 0 unspecified atom stereocenters. The monoisotopic (exact) mass is 418 g/mol. The van der Waals surface area contributed by atoms with Gasteiger partial charge in [0.1, 0.15) is 5.75 Å². The number of carbonyl (C=O) groups excluding carboxylic acids is 3. The summed E-state index contributed by atoms with van der Waals surface area (Å²) in [6, 6.07) is 14.2. The fourth-order valence-electron chi connectivity index (χ4n) is 2.53. The number of hydrogen-bond acceptors (Lipinski definition) is 5. The first-order valence-corrected chi connectivity index (χ1v) is 9.34. The number of benzene rings is 2. The Bertz CT molecular complexity index is 872. The fraction of sp³-hybridized carbons (Fsp3) is 0.286. The second kappa shape index (κ2) is 11.1. The number of methoxy groups -OCH3 is 1. The number of esters is 1. The minimum Gasteiger partial charge on any atom is -0.496 e. The van der Waals surface area contributed by atoms with Gasteiger partial charge in [-0.15, -0.1) is 0 Å². The Labute approximate surface area is 174 Å². The van der Waals surface area contributed by atoms with Crippen LogP contribution >= 0.6 is 11.6 Å². The Balaban J connectivity index is 1.74. The van der Waals surface area contributed by atoms with Gasteiger partial charge in [0, 0.05) is 13.5 Å². The Morgan fingerprint density at radius 1 is 1.07 bits per heavy atom. The highest BCUT2D eigenvalue weighted by molar-refractivity contribution is 6.33. The van der Waals surface area contributed by atoms with Gasteiger partial charge < -0.3 is 19.7 Å². The van der Waals surface area contributed by atoms with E-state index in [2.05, 4.69) is 5.32 Å². The van der Waals surface area contributed by atoms with Crippen LogP contribution in [0, 0.1) is 0 Å². The summed E-state index contributed by atoms with van der Waals surface area (Å²) in [4.78, 5) is 37.3. The van der Waals surface area contributed by atoms with E-state index in [1.54, 1.807) is 31.4 Å². The molecule has 7 nitrogen and oxygen atoms in total. The van der Waals surface area contributed by atoms with Crippen LogP contribution in [0.2, 0.25) is 5.02 Å². The third kappa shape index (κ3) is 7.12. The summed E-state index contributed by atoms with van der Waals surface area (Å²) in [7, 11) is 3.02. The lowest BCUT2D eigenvalue weighted by molar-refractivity contribution is -0.151. The van der Waals surface area contributed by atoms with Crippen molar-refractivity contribution in [2.24, 2.45) is 0 Å². The number of rotatable bonds is 9. The van der Waals surface area contributed by atoms with E-state index in [4.69, 9.17) is 21.1 Å². The van der Waals surface area contributed by atoms with Crippen LogP contribution in [0.3, 0.4) is 0 Å². The minimum atomic E-state index is -0.502. The smallest absolute Gasteiger partial charge is 0.306 e. The Hall–Kier alpha value is -3.06. The topological polar surface area (TPSA) is 84.9 Å². The molecule has 2 amide bonds. The van der Waals surface area contributed by atoms with Crippen molar-refractivity contribution in [3.05, 3.63) is 59.1 Å². The van der Waals surface area contributed by atoms with Gasteiger partial charge in [-0.05, 0) is 30.2 Å². The summed E-state index contributed by atoms with van der Waals surface area (Å²) in [5.41, 5.74) is 1.34. The van der Waals surface area contributed by atoms with Gasteiger partial charge in [0.05, 0.1) is 24.4 Å². The quantitative estimate of drug-likeness (QED) is 0.633. The molecule has 2 aromatic carbocycles. The van der Waals surface area contributed by atoms with Crippen molar-refractivity contribution in [2.45, 2.75) is 12.8 Å². The second-order valence-corrected chi connectivity index (χ2v) is 6.66. The number of para-hydroxylation sites is 2. The molecular weight excluding hydrogens is 396 g/mol. The van der Waals surface area contributed by atoms with Crippen LogP contribution in [0.4, 0.5) is 5.69 Å². The molecule has 0 saturated heterocycles. The fourth-order valence-corrected chi connectivity index (χ4v) is 2.71. The van der Waals surface area contributed by atoms with Gasteiger partial charge in [0.2, 0.25) is 5.91 Å². The van der Waals surface area contributed by atoms with Crippen molar-refractivity contribution in [3.63, 3.8) is 0 Å². The molecule has 1 N–H and O–H groups in total. The molecule has 0 aliphatic rings. The number of amides is 2. The first kappa shape index (κ1) is 22.2. The Morgan fingerprint density at radius 2 is 1.76 bits per heavy atom.